The van der Waals surface area contributed by atoms with Crippen LogP contribution >= 0.6 is 0 Å². The SMILES string of the molecule is CN(C)CCOc1ccc2c(c1)CCNC2c1ccc(C(C)(C)C)cc1. The summed E-state index contributed by atoms with van der Waals surface area (Å²) < 4.78 is 5.91. The zero-order valence-corrected chi connectivity index (χ0v) is 16.8. The maximum absolute atomic E-state index is 5.91. The van der Waals surface area contributed by atoms with E-state index in [2.05, 4.69) is 87.5 Å². The molecule has 1 aliphatic heterocycles. The Morgan fingerprint density at radius 3 is 2.46 bits per heavy atom. The first-order chi connectivity index (χ1) is 12.3. The van der Waals surface area contributed by atoms with Crippen LogP contribution in [0, 0.1) is 0 Å². The van der Waals surface area contributed by atoms with Crippen molar-refractivity contribution in [2.24, 2.45) is 0 Å². The topological polar surface area (TPSA) is 24.5 Å². The van der Waals surface area contributed by atoms with Crippen molar-refractivity contribution in [1.29, 1.82) is 0 Å². The van der Waals surface area contributed by atoms with Crippen LogP contribution < -0.4 is 10.1 Å². The van der Waals surface area contributed by atoms with E-state index in [-0.39, 0.29) is 11.5 Å². The maximum Gasteiger partial charge on any atom is 0.119 e. The monoisotopic (exact) mass is 352 g/mol. The Labute approximate surface area is 158 Å². The molecule has 26 heavy (non-hydrogen) atoms. The van der Waals surface area contributed by atoms with Gasteiger partial charge in [0, 0.05) is 13.1 Å². The van der Waals surface area contributed by atoms with Crippen molar-refractivity contribution < 1.29 is 4.74 Å². The Bertz CT molecular complexity index is 729. The Hall–Kier alpha value is -1.84. The van der Waals surface area contributed by atoms with Crippen LogP contribution in [0.4, 0.5) is 0 Å². The summed E-state index contributed by atoms with van der Waals surface area (Å²) in [5.41, 5.74) is 5.67. The molecule has 0 spiro atoms. The van der Waals surface area contributed by atoms with Gasteiger partial charge in [0.25, 0.3) is 0 Å². The molecule has 0 bridgehead atoms. The van der Waals surface area contributed by atoms with Gasteiger partial charge < -0.3 is 15.0 Å². The average Bonchev–Trinajstić information content (AvgIpc) is 2.60. The van der Waals surface area contributed by atoms with Crippen LogP contribution in [0.25, 0.3) is 0 Å². The summed E-state index contributed by atoms with van der Waals surface area (Å²) in [5.74, 6) is 0.981. The molecule has 3 nitrogen and oxygen atoms in total. The second-order valence-electron chi connectivity index (χ2n) is 8.52. The van der Waals surface area contributed by atoms with Crippen molar-refractivity contribution in [3.05, 3.63) is 64.7 Å². The van der Waals surface area contributed by atoms with Crippen molar-refractivity contribution in [3.63, 3.8) is 0 Å². The minimum absolute atomic E-state index is 0.190. The van der Waals surface area contributed by atoms with Gasteiger partial charge in [0.2, 0.25) is 0 Å². The lowest BCUT2D eigenvalue weighted by molar-refractivity contribution is 0.261. The van der Waals surface area contributed by atoms with E-state index in [9.17, 15) is 0 Å². The number of hydrogen-bond donors (Lipinski definition) is 1. The van der Waals surface area contributed by atoms with Crippen LogP contribution in [-0.2, 0) is 11.8 Å². The van der Waals surface area contributed by atoms with E-state index in [0.29, 0.717) is 0 Å². The van der Waals surface area contributed by atoms with Gasteiger partial charge in [-0.3, -0.25) is 0 Å². The van der Waals surface area contributed by atoms with Crippen LogP contribution in [0.2, 0.25) is 0 Å². The van der Waals surface area contributed by atoms with Crippen molar-refractivity contribution in [1.82, 2.24) is 10.2 Å². The lowest BCUT2D eigenvalue weighted by Crippen LogP contribution is -2.30. The van der Waals surface area contributed by atoms with Crippen LogP contribution in [0.1, 0.15) is 49.1 Å². The third kappa shape index (κ3) is 4.46. The molecule has 140 valence electrons. The summed E-state index contributed by atoms with van der Waals surface area (Å²) in [4.78, 5) is 2.14. The average molecular weight is 353 g/mol. The Morgan fingerprint density at radius 1 is 1.08 bits per heavy atom. The molecule has 2 aromatic carbocycles. The molecule has 0 fully saturated rings. The summed E-state index contributed by atoms with van der Waals surface area (Å²) in [7, 11) is 4.13. The second-order valence-corrected chi connectivity index (χ2v) is 8.52. The lowest BCUT2D eigenvalue weighted by atomic mass is 9.84. The van der Waals surface area contributed by atoms with E-state index < -0.39 is 0 Å². The van der Waals surface area contributed by atoms with E-state index in [1.165, 1.54) is 22.3 Å². The standard InChI is InChI=1S/C23H32N2O/c1-23(2,3)19-8-6-17(7-9-19)22-21-11-10-20(26-15-14-25(4)5)16-18(21)12-13-24-22/h6-11,16,22,24H,12-15H2,1-5H3. The Kier molecular flexibility index (Phi) is 5.69. The van der Waals surface area contributed by atoms with Crippen molar-refractivity contribution >= 4 is 0 Å². The first-order valence-corrected chi connectivity index (χ1v) is 9.59. The van der Waals surface area contributed by atoms with Gasteiger partial charge in [-0.2, -0.15) is 0 Å². The summed E-state index contributed by atoms with van der Waals surface area (Å²) >= 11 is 0. The largest absolute Gasteiger partial charge is 0.492 e. The van der Waals surface area contributed by atoms with Gasteiger partial charge in [0.05, 0.1) is 6.04 Å². The smallest absolute Gasteiger partial charge is 0.119 e. The highest BCUT2D eigenvalue weighted by atomic mass is 16.5. The highest BCUT2D eigenvalue weighted by molar-refractivity contribution is 5.44. The van der Waals surface area contributed by atoms with Crippen LogP contribution in [0.3, 0.4) is 0 Å². The summed E-state index contributed by atoms with van der Waals surface area (Å²) in [6.07, 6.45) is 1.05. The molecule has 0 aliphatic carbocycles. The van der Waals surface area contributed by atoms with Gasteiger partial charge in [0.15, 0.2) is 0 Å². The predicted molar refractivity (Wildman–Crippen MR) is 109 cm³/mol. The number of nitrogens with zero attached hydrogens (tertiary/aromatic N) is 1. The predicted octanol–water partition coefficient (Wildman–Crippen LogP) is 4.16. The summed E-state index contributed by atoms with van der Waals surface area (Å²) in [5, 5.41) is 3.68. The molecule has 2 aromatic rings. The highest BCUT2D eigenvalue weighted by Crippen LogP contribution is 2.32. The molecular formula is C23H32N2O. The van der Waals surface area contributed by atoms with Gasteiger partial charge in [0.1, 0.15) is 12.4 Å². The van der Waals surface area contributed by atoms with E-state index in [4.69, 9.17) is 4.74 Å². The highest BCUT2D eigenvalue weighted by Gasteiger charge is 2.22. The van der Waals surface area contributed by atoms with Crippen LogP contribution in [0.15, 0.2) is 42.5 Å². The minimum atomic E-state index is 0.190. The Morgan fingerprint density at radius 2 is 1.81 bits per heavy atom. The summed E-state index contributed by atoms with van der Waals surface area (Å²) in [6, 6.07) is 15.9. The minimum Gasteiger partial charge on any atom is -0.492 e. The number of ether oxygens (including phenoxy) is 1. The molecule has 1 unspecified atom stereocenters. The molecule has 1 N–H and O–H groups in total. The van der Waals surface area contributed by atoms with Crippen LogP contribution in [0.5, 0.6) is 5.75 Å². The molecule has 0 saturated heterocycles. The third-order valence-electron chi connectivity index (χ3n) is 5.09. The zero-order chi connectivity index (χ0) is 18.7. The molecule has 3 heteroatoms. The van der Waals surface area contributed by atoms with E-state index in [1.807, 2.05) is 0 Å². The van der Waals surface area contributed by atoms with Gasteiger partial charge in [-0.1, -0.05) is 51.1 Å². The quantitative estimate of drug-likeness (QED) is 0.874. The van der Waals surface area contributed by atoms with Gasteiger partial charge in [-0.25, -0.2) is 0 Å². The first kappa shape index (κ1) is 18.9. The Balaban J connectivity index is 1.78. The normalized spacial score (nSPS) is 17.2. The summed E-state index contributed by atoms with van der Waals surface area (Å²) in [6.45, 7) is 9.43. The fraction of sp³-hybridized carbons (Fsp3) is 0.478. The van der Waals surface area contributed by atoms with Crippen molar-refractivity contribution in [2.75, 3.05) is 33.8 Å². The molecule has 0 radical (unpaired) electrons. The fourth-order valence-corrected chi connectivity index (χ4v) is 3.45. The van der Waals surface area contributed by atoms with E-state index >= 15 is 0 Å². The number of likely N-dealkylation sites (N-methyl/N-ethyl adjacent to an activating group) is 1. The molecular weight excluding hydrogens is 320 g/mol. The number of hydrogen-bond acceptors (Lipinski definition) is 3. The van der Waals surface area contributed by atoms with Crippen molar-refractivity contribution in [2.45, 2.75) is 38.6 Å². The molecule has 3 rings (SSSR count). The molecule has 1 heterocycles. The molecule has 0 aromatic heterocycles. The second kappa shape index (κ2) is 7.81. The molecule has 0 saturated carbocycles. The fourth-order valence-electron chi connectivity index (χ4n) is 3.45. The number of fused-ring (bicyclic) bond motifs is 1. The van der Waals surface area contributed by atoms with Gasteiger partial charge in [-0.15, -0.1) is 0 Å². The lowest BCUT2D eigenvalue weighted by Gasteiger charge is -2.28. The third-order valence-corrected chi connectivity index (χ3v) is 5.09. The number of rotatable bonds is 5. The zero-order valence-electron chi connectivity index (χ0n) is 16.8. The van der Waals surface area contributed by atoms with Gasteiger partial charge in [-0.05, 0) is 60.3 Å². The molecule has 1 atom stereocenters. The number of benzene rings is 2. The van der Waals surface area contributed by atoms with Gasteiger partial charge >= 0.3 is 0 Å². The van der Waals surface area contributed by atoms with Crippen molar-refractivity contribution in [3.8, 4) is 5.75 Å². The number of nitrogens with one attached hydrogen (secondary N) is 1. The van der Waals surface area contributed by atoms with E-state index in [1.54, 1.807) is 0 Å². The maximum atomic E-state index is 5.91. The molecule has 0 amide bonds. The molecule has 1 aliphatic rings. The first-order valence-electron chi connectivity index (χ1n) is 9.59. The van der Waals surface area contributed by atoms with Crippen LogP contribution in [-0.4, -0.2) is 38.7 Å². The van der Waals surface area contributed by atoms with E-state index in [0.717, 1.165) is 31.9 Å².